The molecule has 0 aliphatic heterocycles. The second-order valence-electron chi connectivity index (χ2n) is 19.6. The van der Waals surface area contributed by atoms with Crippen molar-refractivity contribution in [2.24, 2.45) is 17.8 Å². The maximum absolute atomic E-state index is 2.67. The quantitative estimate of drug-likeness (QED) is 0.152. The van der Waals surface area contributed by atoms with Gasteiger partial charge in [-0.15, -0.1) is 0 Å². The maximum atomic E-state index is 2.67. The third-order valence-electron chi connectivity index (χ3n) is 15.6. The van der Waals surface area contributed by atoms with E-state index in [0.29, 0.717) is 0 Å². The minimum Gasteiger partial charge on any atom is -0.310 e. The van der Waals surface area contributed by atoms with Gasteiger partial charge in [0.25, 0.3) is 0 Å². The molecule has 4 aliphatic rings. The van der Waals surface area contributed by atoms with Crippen molar-refractivity contribution in [3.8, 4) is 27.9 Å². The zero-order chi connectivity index (χ0) is 41.3. The van der Waals surface area contributed by atoms with Gasteiger partial charge >= 0.3 is 0 Å². The van der Waals surface area contributed by atoms with Crippen LogP contribution in [-0.4, -0.2) is 4.57 Å². The van der Waals surface area contributed by atoms with Crippen LogP contribution in [0.25, 0.3) is 60.5 Å². The molecule has 0 radical (unpaired) electrons. The monoisotopic (exact) mass is 798 g/mol. The molecule has 2 nitrogen and oxygen atoms in total. The van der Waals surface area contributed by atoms with Crippen LogP contribution < -0.4 is 4.90 Å². The minimum atomic E-state index is -0.0846. The van der Waals surface area contributed by atoms with Crippen LogP contribution in [0.2, 0.25) is 0 Å². The van der Waals surface area contributed by atoms with Gasteiger partial charge in [0.05, 0.1) is 11.0 Å². The number of para-hydroxylation sites is 1. The Morgan fingerprint density at radius 1 is 0.548 bits per heavy atom. The van der Waals surface area contributed by atoms with E-state index in [1.807, 2.05) is 0 Å². The van der Waals surface area contributed by atoms with Crippen LogP contribution >= 0.6 is 0 Å². The predicted octanol–water partition coefficient (Wildman–Crippen LogP) is 16.0. The second kappa shape index (κ2) is 13.2. The first kappa shape index (κ1) is 36.1. The fourth-order valence-electron chi connectivity index (χ4n) is 13.1. The smallest absolute Gasteiger partial charge is 0.0547 e. The van der Waals surface area contributed by atoms with E-state index in [2.05, 4.69) is 212 Å². The molecule has 62 heavy (non-hydrogen) atoms. The summed E-state index contributed by atoms with van der Waals surface area (Å²) < 4.78 is 2.44. The molecule has 2 heteroatoms. The number of anilines is 3. The summed E-state index contributed by atoms with van der Waals surface area (Å²) in [5.74, 6) is 2.32. The van der Waals surface area contributed by atoms with Crippen LogP contribution in [-0.2, 0) is 10.8 Å². The van der Waals surface area contributed by atoms with Gasteiger partial charge in [-0.05, 0) is 154 Å². The highest BCUT2D eigenvalue weighted by molar-refractivity contribution is 6.21. The van der Waals surface area contributed by atoms with Crippen LogP contribution in [0.5, 0.6) is 0 Å². The molecule has 2 unspecified atom stereocenters. The third kappa shape index (κ3) is 5.16. The van der Waals surface area contributed by atoms with Crippen molar-refractivity contribution >= 4 is 49.6 Å². The highest BCUT2D eigenvalue weighted by Crippen LogP contribution is 2.63. The first-order valence-electron chi connectivity index (χ1n) is 22.8. The SMILES string of the molecule is C[C@H]1CC2C[C@@H]3C=C2C(c2ccc(N(c4ccc(-c5cccc(-n6c7ccccc7c7c8ccccc8ccc76)c5)cc4)c4ccc5c(c4)C(C)(C)c4ccccc4-5)cc2)(C1)C3. The van der Waals surface area contributed by atoms with Gasteiger partial charge < -0.3 is 9.47 Å². The zero-order valence-corrected chi connectivity index (χ0v) is 35.8. The Balaban J connectivity index is 0.904. The van der Waals surface area contributed by atoms with Gasteiger partial charge in [-0.1, -0.05) is 148 Å². The van der Waals surface area contributed by atoms with E-state index < -0.39 is 0 Å². The summed E-state index contributed by atoms with van der Waals surface area (Å²) in [5, 5.41) is 5.16. The van der Waals surface area contributed by atoms with Gasteiger partial charge in [-0.25, -0.2) is 0 Å². The molecular weight excluding hydrogens is 749 g/mol. The molecule has 1 saturated carbocycles. The van der Waals surface area contributed by atoms with E-state index in [9.17, 15) is 0 Å². The molecular formula is C60H50N2. The molecule has 4 atom stereocenters. The summed E-state index contributed by atoms with van der Waals surface area (Å²) in [4.78, 5) is 2.48. The lowest BCUT2D eigenvalue weighted by atomic mass is 9.57. The molecule has 1 heterocycles. The fourth-order valence-corrected chi connectivity index (χ4v) is 13.1. The fraction of sp³-hybridized carbons (Fsp3) is 0.200. The average molecular weight is 799 g/mol. The van der Waals surface area contributed by atoms with E-state index in [1.54, 1.807) is 5.57 Å². The Hall–Kier alpha value is -6.64. The number of fused-ring (bicyclic) bond motifs is 9. The van der Waals surface area contributed by atoms with Crippen molar-refractivity contribution in [3.63, 3.8) is 0 Å². The van der Waals surface area contributed by atoms with E-state index in [1.165, 1.54) is 114 Å². The standard InChI is InChI=1S/C60H50N2/c1-38-31-43-32-39-33-54(43)60(36-38,37-39)44-22-26-46(27-23-44)61(48-28-29-51-50-15-6-8-17-53(50)59(2,3)55(51)35-48)45-24-19-40(20-25-45)42-12-10-13-47(34-42)62-56-18-9-7-16-52(56)58-49-14-5-4-11-41(49)21-30-57(58)62/h4-30,33-35,38-39,43H,31-32,36-37H2,1-3H3/t38-,39+,43?,60?/m0/s1. The van der Waals surface area contributed by atoms with Gasteiger partial charge in [0.2, 0.25) is 0 Å². The van der Waals surface area contributed by atoms with E-state index in [4.69, 9.17) is 0 Å². The number of hydrogen-bond acceptors (Lipinski definition) is 1. The van der Waals surface area contributed by atoms with Gasteiger partial charge in [-0.3, -0.25) is 0 Å². The summed E-state index contributed by atoms with van der Waals surface area (Å²) >= 11 is 0. The molecule has 1 fully saturated rings. The van der Waals surface area contributed by atoms with E-state index in [-0.39, 0.29) is 10.8 Å². The lowest BCUT2D eigenvalue weighted by molar-refractivity contribution is 0.188. The second-order valence-corrected chi connectivity index (χ2v) is 19.6. The van der Waals surface area contributed by atoms with Gasteiger partial charge in [0, 0.05) is 44.4 Å². The molecule has 0 saturated heterocycles. The van der Waals surface area contributed by atoms with Crippen LogP contribution in [0.3, 0.4) is 0 Å². The molecule has 4 aliphatic carbocycles. The molecule has 0 spiro atoms. The van der Waals surface area contributed by atoms with Crippen molar-refractivity contribution < 1.29 is 0 Å². The Kier molecular flexibility index (Phi) is 7.67. The summed E-state index contributed by atoms with van der Waals surface area (Å²) in [7, 11) is 0. The van der Waals surface area contributed by atoms with E-state index >= 15 is 0 Å². The summed E-state index contributed by atoms with van der Waals surface area (Å²) in [5.41, 5.74) is 18.5. The van der Waals surface area contributed by atoms with Gasteiger partial charge in [-0.2, -0.15) is 0 Å². The number of nitrogens with zero attached hydrogens (tertiary/aromatic N) is 2. The maximum Gasteiger partial charge on any atom is 0.0547 e. The molecule has 1 aromatic heterocycles. The van der Waals surface area contributed by atoms with Crippen LogP contribution in [0.1, 0.15) is 63.1 Å². The Morgan fingerprint density at radius 2 is 1.27 bits per heavy atom. The molecule has 8 aromatic carbocycles. The highest BCUT2D eigenvalue weighted by Gasteiger charge is 2.53. The topological polar surface area (TPSA) is 8.17 Å². The lowest BCUT2D eigenvalue weighted by Crippen LogP contribution is -2.40. The first-order valence-corrected chi connectivity index (χ1v) is 22.8. The molecule has 2 bridgehead atoms. The van der Waals surface area contributed by atoms with Crippen molar-refractivity contribution in [1.29, 1.82) is 0 Å². The van der Waals surface area contributed by atoms with Crippen LogP contribution in [0, 0.1) is 17.8 Å². The number of benzene rings is 8. The largest absolute Gasteiger partial charge is 0.310 e. The minimum absolute atomic E-state index is 0.0846. The zero-order valence-electron chi connectivity index (χ0n) is 35.8. The Labute approximate surface area is 364 Å². The molecule has 0 N–H and O–H groups in total. The Bertz CT molecular complexity index is 3310. The predicted molar refractivity (Wildman–Crippen MR) is 260 cm³/mol. The molecule has 0 amide bonds. The molecule has 13 rings (SSSR count). The molecule has 9 aromatic rings. The molecule has 300 valence electrons. The van der Waals surface area contributed by atoms with Crippen molar-refractivity contribution in [3.05, 3.63) is 204 Å². The highest BCUT2D eigenvalue weighted by atomic mass is 15.1. The van der Waals surface area contributed by atoms with Crippen molar-refractivity contribution in [2.75, 3.05) is 4.90 Å². The van der Waals surface area contributed by atoms with Crippen LogP contribution in [0.4, 0.5) is 17.1 Å². The lowest BCUT2D eigenvalue weighted by Gasteiger charge is -2.47. The summed E-state index contributed by atoms with van der Waals surface area (Å²) in [6, 6.07) is 66.4. The number of hydrogen-bond donors (Lipinski definition) is 0. The summed E-state index contributed by atoms with van der Waals surface area (Å²) in [6.07, 6.45) is 7.99. The average Bonchev–Trinajstić information content (AvgIpc) is 4.04. The van der Waals surface area contributed by atoms with Crippen molar-refractivity contribution in [2.45, 2.75) is 57.3 Å². The van der Waals surface area contributed by atoms with Crippen LogP contribution in [0.15, 0.2) is 188 Å². The van der Waals surface area contributed by atoms with Gasteiger partial charge in [0.15, 0.2) is 0 Å². The normalized spacial score (nSPS) is 21.7. The first-order chi connectivity index (χ1) is 30.3. The van der Waals surface area contributed by atoms with Gasteiger partial charge in [0.1, 0.15) is 0 Å². The third-order valence-corrected chi connectivity index (χ3v) is 15.6. The summed E-state index contributed by atoms with van der Waals surface area (Å²) in [6.45, 7) is 7.25. The number of rotatable bonds is 6. The Morgan fingerprint density at radius 3 is 2.11 bits per heavy atom. The number of aromatic nitrogens is 1. The van der Waals surface area contributed by atoms with Crippen molar-refractivity contribution in [1.82, 2.24) is 4.57 Å². The number of allylic oxidation sites excluding steroid dienone is 2. The van der Waals surface area contributed by atoms with E-state index in [0.717, 1.165) is 23.4 Å².